The third-order valence-electron chi connectivity index (χ3n) is 4.31. The SMILES string of the molecule is CCOc1ccc(-c2nc(C(=O)N(C)C3CCNCC3)cs2)cc1.Cl.Cl. The van der Waals surface area contributed by atoms with E-state index in [1.54, 1.807) is 0 Å². The van der Waals surface area contributed by atoms with E-state index >= 15 is 0 Å². The Labute approximate surface area is 171 Å². The molecule has 0 spiro atoms. The first kappa shape index (κ1) is 22.7. The lowest BCUT2D eigenvalue weighted by Crippen LogP contribution is -2.44. The van der Waals surface area contributed by atoms with E-state index in [2.05, 4.69) is 10.3 Å². The number of piperidine rings is 1. The van der Waals surface area contributed by atoms with Crippen LogP contribution in [0, 0.1) is 0 Å². The van der Waals surface area contributed by atoms with Gasteiger partial charge in [-0.15, -0.1) is 36.2 Å². The van der Waals surface area contributed by atoms with Crippen molar-refractivity contribution < 1.29 is 9.53 Å². The van der Waals surface area contributed by atoms with E-state index in [1.165, 1.54) is 11.3 Å². The van der Waals surface area contributed by atoms with Crippen molar-refractivity contribution in [1.29, 1.82) is 0 Å². The molecule has 1 saturated heterocycles. The average molecular weight is 418 g/mol. The monoisotopic (exact) mass is 417 g/mol. The molecule has 1 aliphatic heterocycles. The van der Waals surface area contributed by atoms with Gasteiger partial charge >= 0.3 is 0 Å². The molecule has 1 aromatic carbocycles. The van der Waals surface area contributed by atoms with Crippen molar-refractivity contribution in [3.8, 4) is 16.3 Å². The maximum Gasteiger partial charge on any atom is 0.273 e. The molecule has 1 aromatic heterocycles. The van der Waals surface area contributed by atoms with Gasteiger partial charge in [-0.3, -0.25) is 4.79 Å². The first-order valence-electron chi connectivity index (χ1n) is 8.35. The molecular weight excluding hydrogens is 393 g/mol. The largest absolute Gasteiger partial charge is 0.494 e. The maximum absolute atomic E-state index is 12.7. The predicted molar refractivity (Wildman–Crippen MR) is 111 cm³/mol. The van der Waals surface area contributed by atoms with Crippen molar-refractivity contribution in [2.45, 2.75) is 25.8 Å². The van der Waals surface area contributed by atoms with Crippen molar-refractivity contribution in [2.24, 2.45) is 0 Å². The summed E-state index contributed by atoms with van der Waals surface area (Å²) >= 11 is 1.50. The molecule has 144 valence electrons. The van der Waals surface area contributed by atoms with Crippen molar-refractivity contribution in [2.75, 3.05) is 26.7 Å². The Balaban J connectivity index is 0.00000169. The molecule has 2 aromatic rings. The zero-order valence-electron chi connectivity index (χ0n) is 14.9. The van der Waals surface area contributed by atoms with Gasteiger partial charge in [0.1, 0.15) is 16.5 Å². The van der Waals surface area contributed by atoms with Gasteiger partial charge in [-0.25, -0.2) is 4.98 Å². The van der Waals surface area contributed by atoms with Gasteiger partial charge in [0.2, 0.25) is 0 Å². The van der Waals surface area contributed by atoms with Crippen LogP contribution in [0.25, 0.3) is 10.6 Å². The van der Waals surface area contributed by atoms with Gasteiger partial charge in [0.15, 0.2) is 0 Å². The van der Waals surface area contributed by atoms with Crippen LogP contribution in [0.15, 0.2) is 29.6 Å². The molecule has 2 heterocycles. The molecular formula is C18H25Cl2N3O2S. The van der Waals surface area contributed by atoms with Crippen LogP contribution in [-0.2, 0) is 0 Å². The van der Waals surface area contributed by atoms with Gasteiger partial charge in [-0.2, -0.15) is 0 Å². The number of benzene rings is 1. The second kappa shape index (κ2) is 10.7. The van der Waals surface area contributed by atoms with Gasteiger partial charge in [0.25, 0.3) is 5.91 Å². The number of rotatable bonds is 5. The normalized spacial score (nSPS) is 14.1. The summed E-state index contributed by atoms with van der Waals surface area (Å²) in [5.74, 6) is 0.857. The summed E-state index contributed by atoms with van der Waals surface area (Å²) in [4.78, 5) is 19.0. The molecule has 1 fully saturated rings. The highest BCUT2D eigenvalue weighted by Gasteiger charge is 2.24. The Bertz CT molecular complexity index is 688. The van der Waals surface area contributed by atoms with E-state index in [0.29, 0.717) is 18.3 Å². The van der Waals surface area contributed by atoms with Crippen LogP contribution in [0.4, 0.5) is 0 Å². The summed E-state index contributed by atoms with van der Waals surface area (Å²) < 4.78 is 5.46. The minimum Gasteiger partial charge on any atom is -0.494 e. The minimum atomic E-state index is 0. The van der Waals surface area contributed by atoms with Crippen LogP contribution in [0.5, 0.6) is 5.75 Å². The number of nitrogens with zero attached hydrogens (tertiary/aromatic N) is 2. The number of carbonyl (C=O) groups is 1. The summed E-state index contributed by atoms with van der Waals surface area (Å²) in [5.41, 5.74) is 1.54. The highest BCUT2D eigenvalue weighted by molar-refractivity contribution is 7.13. The van der Waals surface area contributed by atoms with Gasteiger partial charge < -0.3 is 15.0 Å². The fourth-order valence-electron chi connectivity index (χ4n) is 2.91. The van der Waals surface area contributed by atoms with Crippen LogP contribution >= 0.6 is 36.2 Å². The fraction of sp³-hybridized carbons (Fsp3) is 0.444. The van der Waals surface area contributed by atoms with Crippen molar-refractivity contribution >= 4 is 42.1 Å². The standard InChI is InChI=1S/C18H23N3O2S.2ClH/c1-3-23-15-6-4-13(5-7-15)17-20-16(12-24-17)18(22)21(2)14-8-10-19-11-9-14;;/h4-7,12,14,19H,3,8-11H2,1-2H3;2*1H. The van der Waals surface area contributed by atoms with Gasteiger partial charge in [0, 0.05) is 24.0 Å². The Morgan fingerprint density at radius 3 is 2.54 bits per heavy atom. The van der Waals surface area contributed by atoms with Crippen LogP contribution in [0.3, 0.4) is 0 Å². The Morgan fingerprint density at radius 2 is 1.92 bits per heavy atom. The third-order valence-corrected chi connectivity index (χ3v) is 5.20. The molecule has 0 unspecified atom stereocenters. The van der Waals surface area contributed by atoms with Gasteiger partial charge in [-0.05, 0) is 57.1 Å². The molecule has 0 atom stereocenters. The minimum absolute atomic E-state index is 0. The van der Waals surface area contributed by atoms with Crippen LogP contribution < -0.4 is 10.1 Å². The van der Waals surface area contributed by atoms with Gasteiger partial charge in [-0.1, -0.05) is 0 Å². The number of hydrogen-bond acceptors (Lipinski definition) is 5. The molecule has 0 bridgehead atoms. The number of ether oxygens (including phenoxy) is 1. The van der Waals surface area contributed by atoms with E-state index in [1.807, 2.05) is 48.5 Å². The fourth-order valence-corrected chi connectivity index (χ4v) is 3.71. The maximum atomic E-state index is 12.7. The second-order valence-electron chi connectivity index (χ2n) is 5.89. The van der Waals surface area contributed by atoms with Gasteiger partial charge in [0.05, 0.1) is 6.61 Å². The van der Waals surface area contributed by atoms with Crippen molar-refractivity contribution in [1.82, 2.24) is 15.2 Å². The highest BCUT2D eigenvalue weighted by atomic mass is 35.5. The summed E-state index contributed by atoms with van der Waals surface area (Å²) in [6, 6.07) is 8.13. The van der Waals surface area contributed by atoms with Crippen molar-refractivity contribution in [3.63, 3.8) is 0 Å². The number of thiazole rings is 1. The summed E-state index contributed by atoms with van der Waals surface area (Å²) in [6.07, 6.45) is 2.00. The lowest BCUT2D eigenvalue weighted by Gasteiger charge is -2.31. The van der Waals surface area contributed by atoms with E-state index in [9.17, 15) is 4.79 Å². The lowest BCUT2D eigenvalue weighted by atomic mass is 10.1. The zero-order valence-corrected chi connectivity index (χ0v) is 17.4. The summed E-state index contributed by atoms with van der Waals surface area (Å²) in [5, 5.41) is 6.04. The molecule has 26 heavy (non-hydrogen) atoms. The number of hydrogen-bond donors (Lipinski definition) is 1. The molecule has 0 aliphatic carbocycles. The number of nitrogens with one attached hydrogen (secondary N) is 1. The number of amides is 1. The number of halogens is 2. The summed E-state index contributed by atoms with van der Waals surface area (Å²) in [7, 11) is 1.88. The smallest absolute Gasteiger partial charge is 0.273 e. The molecule has 3 rings (SSSR count). The third kappa shape index (κ3) is 5.33. The van der Waals surface area contributed by atoms with E-state index in [-0.39, 0.29) is 30.7 Å². The first-order chi connectivity index (χ1) is 11.7. The summed E-state index contributed by atoms with van der Waals surface area (Å²) in [6.45, 7) is 4.55. The highest BCUT2D eigenvalue weighted by Crippen LogP contribution is 2.26. The van der Waals surface area contributed by atoms with Crippen LogP contribution in [0.2, 0.25) is 0 Å². The molecule has 1 aliphatic rings. The topological polar surface area (TPSA) is 54.5 Å². The lowest BCUT2D eigenvalue weighted by molar-refractivity contribution is 0.0698. The Hall–Kier alpha value is -1.34. The van der Waals surface area contributed by atoms with E-state index in [0.717, 1.165) is 42.3 Å². The predicted octanol–water partition coefficient (Wildman–Crippen LogP) is 3.88. The van der Waals surface area contributed by atoms with Crippen LogP contribution in [-0.4, -0.2) is 48.6 Å². The van der Waals surface area contributed by atoms with E-state index < -0.39 is 0 Å². The second-order valence-corrected chi connectivity index (χ2v) is 6.75. The molecule has 1 N–H and O–H groups in total. The molecule has 8 heteroatoms. The zero-order chi connectivity index (χ0) is 16.9. The quantitative estimate of drug-likeness (QED) is 0.801. The van der Waals surface area contributed by atoms with Crippen LogP contribution in [0.1, 0.15) is 30.3 Å². The Kier molecular flexibility index (Phi) is 9.36. The number of carbonyl (C=O) groups excluding carboxylic acids is 1. The first-order valence-corrected chi connectivity index (χ1v) is 9.23. The molecule has 5 nitrogen and oxygen atoms in total. The van der Waals surface area contributed by atoms with E-state index in [4.69, 9.17) is 4.74 Å². The molecule has 1 amide bonds. The number of aromatic nitrogens is 1. The average Bonchev–Trinajstić information content (AvgIpc) is 3.12. The Morgan fingerprint density at radius 1 is 1.27 bits per heavy atom. The van der Waals surface area contributed by atoms with Crippen molar-refractivity contribution in [3.05, 3.63) is 35.3 Å². The molecule has 0 saturated carbocycles. The molecule has 0 radical (unpaired) electrons.